The lowest BCUT2D eigenvalue weighted by atomic mass is 10.2. The van der Waals surface area contributed by atoms with Gasteiger partial charge in [-0.3, -0.25) is 0 Å². The average Bonchev–Trinajstić information content (AvgIpc) is 2.25. The molecule has 1 unspecified atom stereocenters. The Hall–Kier alpha value is -0.950. The first-order valence-electron chi connectivity index (χ1n) is 4.21. The number of benzene rings is 1. The smallest absolute Gasteiger partial charge is 0.228 e. The zero-order valence-corrected chi connectivity index (χ0v) is 9.69. The Balaban J connectivity index is 2.84. The second kappa shape index (κ2) is 5.14. The normalized spacial score (nSPS) is 15.1. The molecule has 2 nitrogen and oxygen atoms in total. The lowest BCUT2D eigenvalue weighted by molar-refractivity contribution is -0.0932. The molecule has 1 rings (SSSR count). The van der Waals surface area contributed by atoms with Crippen molar-refractivity contribution in [2.45, 2.75) is 10.6 Å². The van der Waals surface area contributed by atoms with Gasteiger partial charge in [0.05, 0.1) is 0 Å². The zero-order valence-electron chi connectivity index (χ0n) is 8.12. The molecule has 0 spiro atoms. The summed E-state index contributed by atoms with van der Waals surface area (Å²) < 4.78 is 63.7. The monoisotopic (exact) mass is 287 g/mol. The van der Waals surface area contributed by atoms with E-state index in [0.717, 1.165) is 6.21 Å². The van der Waals surface area contributed by atoms with Crippen LogP contribution in [0.1, 0.15) is 5.56 Å². The summed E-state index contributed by atoms with van der Waals surface area (Å²) in [7, 11) is -3.45. The van der Waals surface area contributed by atoms with E-state index in [9.17, 15) is 21.8 Å². The summed E-state index contributed by atoms with van der Waals surface area (Å²) in [6.07, 6.45) is 0.812. The third-order valence-corrected chi connectivity index (χ3v) is 2.99. The van der Waals surface area contributed by atoms with Gasteiger partial charge in [0.25, 0.3) is 0 Å². The van der Waals surface area contributed by atoms with Gasteiger partial charge in [0, 0.05) is 6.21 Å². The number of hydrogen-bond donors (Lipinski definition) is 0. The molecule has 0 aliphatic heterocycles. The molecule has 0 heterocycles. The second-order valence-electron chi connectivity index (χ2n) is 2.91. The van der Waals surface area contributed by atoms with Crippen molar-refractivity contribution in [3.8, 4) is 0 Å². The third kappa shape index (κ3) is 3.50. The standard InChI is InChI=1S/C9H6ClF4NOS/c10-8(11,12)9(13,14)17(16)15-6-7-4-2-1-3-5-7/h1-6H/b15-6+. The number of nitrogens with zero attached hydrogens (tertiary/aromatic N) is 1. The van der Waals surface area contributed by atoms with Crippen LogP contribution >= 0.6 is 11.6 Å². The highest BCUT2D eigenvalue weighted by atomic mass is 35.5. The maximum atomic E-state index is 12.7. The van der Waals surface area contributed by atoms with Crippen molar-refractivity contribution in [2.24, 2.45) is 4.40 Å². The minimum absolute atomic E-state index is 0.356. The van der Waals surface area contributed by atoms with Crippen LogP contribution in [0.15, 0.2) is 34.7 Å². The van der Waals surface area contributed by atoms with E-state index in [4.69, 9.17) is 0 Å². The highest BCUT2D eigenvalue weighted by molar-refractivity contribution is 7.85. The largest absolute Gasteiger partial charge is 0.417 e. The Labute approximate surface area is 102 Å². The molecule has 1 aromatic carbocycles. The molecule has 94 valence electrons. The first kappa shape index (κ1) is 14.1. The van der Waals surface area contributed by atoms with Crippen LogP contribution in [0.25, 0.3) is 0 Å². The van der Waals surface area contributed by atoms with Crippen molar-refractivity contribution in [3.63, 3.8) is 0 Å². The van der Waals surface area contributed by atoms with Gasteiger partial charge in [-0.15, -0.1) is 0 Å². The lowest BCUT2D eigenvalue weighted by Gasteiger charge is -2.17. The number of hydrogen-bond acceptors (Lipinski definition) is 1. The van der Waals surface area contributed by atoms with Gasteiger partial charge in [-0.05, 0) is 17.2 Å². The van der Waals surface area contributed by atoms with Crippen molar-refractivity contribution >= 4 is 28.8 Å². The Morgan fingerprint density at radius 2 is 1.71 bits per heavy atom. The van der Waals surface area contributed by atoms with E-state index < -0.39 is 21.6 Å². The highest BCUT2D eigenvalue weighted by Crippen LogP contribution is 2.40. The maximum absolute atomic E-state index is 12.7. The fourth-order valence-corrected chi connectivity index (χ4v) is 1.56. The van der Waals surface area contributed by atoms with Crippen LogP contribution < -0.4 is 0 Å². The van der Waals surface area contributed by atoms with Crippen molar-refractivity contribution in [1.29, 1.82) is 0 Å². The molecule has 1 atom stereocenters. The Kier molecular flexibility index (Phi) is 4.26. The zero-order chi connectivity index (χ0) is 13.1. The van der Waals surface area contributed by atoms with E-state index in [2.05, 4.69) is 16.0 Å². The molecule has 0 radical (unpaired) electrons. The number of alkyl halides is 5. The minimum Gasteiger partial charge on any atom is -0.228 e. The molecule has 0 bridgehead atoms. The quantitative estimate of drug-likeness (QED) is 0.475. The van der Waals surface area contributed by atoms with Gasteiger partial charge in [-0.1, -0.05) is 30.3 Å². The van der Waals surface area contributed by atoms with Crippen LogP contribution in [0, 0.1) is 0 Å². The predicted molar refractivity (Wildman–Crippen MR) is 57.9 cm³/mol. The molecule has 17 heavy (non-hydrogen) atoms. The summed E-state index contributed by atoms with van der Waals surface area (Å²) in [6.45, 7) is 0. The fraction of sp³-hybridized carbons (Fsp3) is 0.222. The van der Waals surface area contributed by atoms with Crippen LogP contribution in [0.3, 0.4) is 0 Å². The van der Waals surface area contributed by atoms with E-state index >= 15 is 0 Å². The van der Waals surface area contributed by atoms with Crippen molar-refractivity contribution in [3.05, 3.63) is 35.9 Å². The van der Waals surface area contributed by atoms with Crippen molar-refractivity contribution < 1.29 is 21.8 Å². The Morgan fingerprint density at radius 3 is 2.18 bits per heavy atom. The van der Waals surface area contributed by atoms with Crippen LogP contribution in [-0.2, 0) is 11.0 Å². The van der Waals surface area contributed by atoms with E-state index in [1.54, 1.807) is 18.2 Å². The first-order chi connectivity index (χ1) is 7.75. The SMILES string of the molecule is O=S(/N=C/c1ccccc1)C(F)(F)C(F)(F)Cl. The Bertz CT molecular complexity index is 432. The summed E-state index contributed by atoms with van der Waals surface area (Å²) in [5, 5.41) is -9.83. The van der Waals surface area contributed by atoms with Gasteiger partial charge in [0.1, 0.15) is 0 Å². The molecular formula is C9H6ClF4NOS. The summed E-state index contributed by atoms with van der Waals surface area (Å²) in [4.78, 5) is 0. The van der Waals surface area contributed by atoms with Gasteiger partial charge >= 0.3 is 10.6 Å². The molecule has 0 aliphatic rings. The maximum Gasteiger partial charge on any atom is 0.417 e. The molecule has 1 aromatic rings. The van der Waals surface area contributed by atoms with Gasteiger partial charge in [0.15, 0.2) is 0 Å². The molecule has 0 saturated heterocycles. The third-order valence-electron chi connectivity index (χ3n) is 1.65. The second-order valence-corrected chi connectivity index (χ2v) is 4.61. The fourth-order valence-electron chi connectivity index (χ4n) is 0.813. The molecule has 8 heteroatoms. The number of rotatable bonds is 4. The van der Waals surface area contributed by atoms with Gasteiger partial charge in [-0.2, -0.15) is 22.0 Å². The molecule has 0 aliphatic carbocycles. The van der Waals surface area contributed by atoms with Gasteiger partial charge in [-0.25, -0.2) is 4.21 Å². The summed E-state index contributed by atoms with van der Waals surface area (Å²) in [5.74, 6) is 0. The topological polar surface area (TPSA) is 29.4 Å². The minimum atomic E-state index is -4.92. The van der Waals surface area contributed by atoms with Crippen molar-refractivity contribution in [2.75, 3.05) is 0 Å². The van der Waals surface area contributed by atoms with Crippen LogP contribution in [0.4, 0.5) is 17.6 Å². The van der Waals surface area contributed by atoms with E-state index in [0.29, 0.717) is 5.56 Å². The van der Waals surface area contributed by atoms with E-state index in [1.807, 2.05) is 0 Å². The molecule has 0 amide bonds. The Morgan fingerprint density at radius 1 is 1.18 bits per heavy atom. The summed E-state index contributed by atoms with van der Waals surface area (Å²) >= 11 is 4.15. The lowest BCUT2D eigenvalue weighted by Crippen LogP contribution is -2.38. The van der Waals surface area contributed by atoms with Crippen LogP contribution in [0.5, 0.6) is 0 Å². The molecule has 0 N–H and O–H groups in total. The van der Waals surface area contributed by atoms with E-state index in [1.165, 1.54) is 12.1 Å². The summed E-state index contributed by atoms with van der Waals surface area (Å²) in [5.41, 5.74) is 0.356. The molecule has 0 aromatic heterocycles. The highest BCUT2D eigenvalue weighted by Gasteiger charge is 2.60. The van der Waals surface area contributed by atoms with Crippen molar-refractivity contribution in [1.82, 2.24) is 0 Å². The average molecular weight is 288 g/mol. The summed E-state index contributed by atoms with van der Waals surface area (Å²) in [6, 6.07) is 7.79. The van der Waals surface area contributed by atoms with Crippen LogP contribution in [0.2, 0.25) is 0 Å². The number of halogens is 5. The van der Waals surface area contributed by atoms with Gasteiger partial charge < -0.3 is 0 Å². The van der Waals surface area contributed by atoms with Crippen LogP contribution in [-0.4, -0.2) is 21.1 Å². The van der Waals surface area contributed by atoms with Gasteiger partial charge in [0.2, 0.25) is 11.0 Å². The first-order valence-corrected chi connectivity index (χ1v) is 5.69. The predicted octanol–water partition coefficient (Wildman–Crippen LogP) is 3.19. The molecule has 0 saturated carbocycles. The van der Waals surface area contributed by atoms with E-state index in [-0.39, 0.29) is 0 Å². The molecular weight excluding hydrogens is 282 g/mol. The molecule has 0 fully saturated rings.